The minimum Gasteiger partial charge on any atom is -0.320 e. The second kappa shape index (κ2) is 3.51. The molecule has 0 spiro atoms. The summed E-state index contributed by atoms with van der Waals surface area (Å²) in [5.41, 5.74) is 0. The maximum Gasteiger partial charge on any atom is 0.194 e. The maximum atomic E-state index is 10.9. The van der Waals surface area contributed by atoms with Crippen LogP contribution in [-0.2, 0) is 19.3 Å². The van der Waals surface area contributed by atoms with Crippen LogP contribution in [0.3, 0.4) is 0 Å². The van der Waals surface area contributed by atoms with E-state index < -0.39 is 0 Å². The lowest BCUT2D eigenvalue weighted by atomic mass is 10.0. The van der Waals surface area contributed by atoms with Crippen molar-refractivity contribution in [2.24, 2.45) is 5.92 Å². The van der Waals surface area contributed by atoms with E-state index in [1.165, 1.54) is 0 Å². The molecule has 4 nitrogen and oxygen atoms in total. The molecule has 2 aliphatic rings. The standard InChI is InChI=1S/C8H12O4/c9-7-2-1-6(3-7)4-8-10-5-11-12-8/h6,8H,1-5H2. The second-order valence-electron chi connectivity index (χ2n) is 3.31. The van der Waals surface area contributed by atoms with Crippen LogP contribution in [-0.4, -0.2) is 18.9 Å². The van der Waals surface area contributed by atoms with Gasteiger partial charge < -0.3 is 4.74 Å². The van der Waals surface area contributed by atoms with Crippen molar-refractivity contribution in [2.45, 2.75) is 32.0 Å². The summed E-state index contributed by atoms with van der Waals surface area (Å²) >= 11 is 0. The molecule has 2 rings (SSSR count). The summed E-state index contributed by atoms with van der Waals surface area (Å²) in [6, 6.07) is 0. The third kappa shape index (κ3) is 1.83. The number of carbonyl (C=O) groups is 1. The van der Waals surface area contributed by atoms with Gasteiger partial charge in [0, 0.05) is 19.3 Å². The fourth-order valence-electron chi connectivity index (χ4n) is 1.71. The zero-order valence-corrected chi connectivity index (χ0v) is 6.82. The van der Waals surface area contributed by atoms with Crippen molar-refractivity contribution in [2.75, 3.05) is 6.79 Å². The smallest absolute Gasteiger partial charge is 0.194 e. The fraction of sp³-hybridized carbons (Fsp3) is 0.875. The first-order chi connectivity index (χ1) is 5.84. The molecule has 0 N–H and O–H groups in total. The van der Waals surface area contributed by atoms with Crippen molar-refractivity contribution in [3.05, 3.63) is 0 Å². The molecule has 68 valence electrons. The van der Waals surface area contributed by atoms with Gasteiger partial charge in [0.2, 0.25) is 0 Å². The van der Waals surface area contributed by atoms with Gasteiger partial charge in [-0.05, 0) is 12.3 Å². The van der Waals surface area contributed by atoms with Gasteiger partial charge in [-0.2, -0.15) is 0 Å². The van der Waals surface area contributed by atoms with E-state index in [1.54, 1.807) is 0 Å². The van der Waals surface area contributed by atoms with Crippen LogP contribution in [0.4, 0.5) is 0 Å². The molecule has 2 atom stereocenters. The van der Waals surface area contributed by atoms with Crippen molar-refractivity contribution < 1.29 is 19.3 Å². The number of ketones is 1. The maximum absolute atomic E-state index is 10.9. The molecule has 1 saturated heterocycles. The van der Waals surface area contributed by atoms with Crippen molar-refractivity contribution in [1.82, 2.24) is 0 Å². The lowest BCUT2D eigenvalue weighted by Crippen LogP contribution is -2.12. The highest BCUT2D eigenvalue weighted by molar-refractivity contribution is 5.80. The summed E-state index contributed by atoms with van der Waals surface area (Å²) in [5.74, 6) is 0.795. The van der Waals surface area contributed by atoms with Gasteiger partial charge in [-0.1, -0.05) is 0 Å². The topological polar surface area (TPSA) is 44.8 Å². The van der Waals surface area contributed by atoms with E-state index in [0.29, 0.717) is 18.1 Å². The Hall–Kier alpha value is -0.450. The summed E-state index contributed by atoms with van der Waals surface area (Å²) in [4.78, 5) is 20.3. The van der Waals surface area contributed by atoms with Crippen LogP contribution in [0.25, 0.3) is 0 Å². The molecule has 2 fully saturated rings. The van der Waals surface area contributed by atoms with Gasteiger partial charge in [0.15, 0.2) is 13.1 Å². The number of hydrogen-bond donors (Lipinski definition) is 0. The van der Waals surface area contributed by atoms with Crippen LogP contribution in [0, 0.1) is 5.92 Å². The first kappa shape index (κ1) is 8.16. The molecule has 4 heteroatoms. The Morgan fingerprint density at radius 2 is 2.42 bits per heavy atom. The second-order valence-corrected chi connectivity index (χ2v) is 3.31. The molecule has 1 aliphatic heterocycles. The predicted octanol–water partition coefficient (Wildman–Crippen LogP) is 1.01. The largest absolute Gasteiger partial charge is 0.320 e. The average Bonchev–Trinajstić information content (AvgIpc) is 2.63. The van der Waals surface area contributed by atoms with E-state index in [0.717, 1.165) is 19.3 Å². The van der Waals surface area contributed by atoms with Crippen LogP contribution in [0.5, 0.6) is 0 Å². The number of Topliss-reactive ketones (excluding diaryl/α,β-unsaturated/α-hetero) is 1. The molecule has 1 saturated carbocycles. The molecule has 2 unspecified atom stereocenters. The highest BCUT2D eigenvalue weighted by Crippen LogP contribution is 2.28. The lowest BCUT2D eigenvalue weighted by Gasteiger charge is -2.10. The molecular formula is C8H12O4. The van der Waals surface area contributed by atoms with Crippen LogP contribution >= 0.6 is 0 Å². The third-order valence-electron chi connectivity index (χ3n) is 2.35. The lowest BCUT2D eigenvalue weighted by molar-refractivity contribution is -0.279. The van der Waals surface area contributed by atoms with Crippen molar-refractivity contribution >= 4 is 5.78 Å². The van der Waals surface area contributed by atoms with Crippen LogP contribution in [0.1, 0.15) is 25.7 Å². The molecule has 0 bridgehead atoms. The number of ether oxygens (including phenoxy) is 1. The Morgan fingerprint density at radius 1 is 1.50 bits per heavy atom. The van der Waals surface area contributed by atoms with Gasteiger partial charge >= 0.3 is 0 Å². The Bertz CT molecular complexity index is 174. The first-order valence-corrected chi connectivity index (χ1v) is 4.26. The van der Waals surface area contributed by atoms with E-state index in [9.17, 15) is 4.79 Å². The Labute approximate surface area is 70.7 Å². The Balaban J connectivity index is 1.75. The van der Waals surface area contributed by atoms with Gasteiger partial charge in [-0.15, -0.1) is 0 Å². The van der Waals surface area contributed by atoms with Gasteiger partial charge in [-0.3, -0.25) is 4.79 Å². The third-order valence-corrected chi connectivity index (χ3v) is 2.35. The zero-order valence-electron chi connectivity index (χ0n) is 6.82. The summed E-state index contributed by atoms with van der Waals surface area (Å²) in [6.07, 6.45) is 2.91. The van der Waals surface area contributed by atoms with Crippen molar-refractivity contribution in [3.8, 4) is 0 Å². The Kier molecular flexibility index (Phi) is 2.39. The SMILES string of the molecule is O=C1CCC(CC2OCOO2)C1. The van der Waals surface area contributed by atoms with E-state index >= 15 is 0 Å². The zero-order chi connectivity index (χ0) is 8.39. The molecule has 0 amide bonds. The normalized spacial score (nSPS) is 36.2. The number of hydrogen-bond acceptors (Lipinski definition) is 4. The van der Waals surface area contributed by atoms with Crippen LogP contribution in [0.15, 0.2) is 0 Å². The summed E-state index contributed by atoms with van der Waals surface area (Å²) < 4.78 is 5.09. The van der Waals surface area contributed by atoms with E-state index in [4.69, 9.17) is 9.62 Å². The molecule has 1 heterocycles. The minimum atomic E-state index is -0.249. The number of carbonyl (C=O) groups excluding carboxylic acids is 1. The molecular weight excluding hydrogens is 160 g/mol. The first-order valence-electron chi connectivity index (χ1n) is 4.26. The van der Waals surface area contributed by atoms with Crippen LogP contribution in [0.2, 0.25) is 0 Å². The molecule has 0 aromatic heterocycles. The van der Waals surface area contributed by atoms with E-state index in [1.807, 2.05) is 0 Å². The highest BCUT2D eigenvalue weighted by Gasteiger charge is 2.28. The minimum absolute atomic E-state index is 0.214. The quantitative estimate of drug-likeness (QED) is 0.583. The van der Waals surface area contributed by atoms with E-state index in [-0.39, 0.29) is 13.1 Å². The Morgan fingerprint density at radius 3 is 3.00 bits per heavy atom. The fourth-order valence-corrected chi connectivity index (χ4v) is 1.71. The highest BCUT2D eigenvalue weighted by atomic mass is 17.3. The van der Waals surface area contributed by atoms with Gasteiger partial charge in [0.1, 0.15) is 5.78 Å². The van der Waals surface area contributed by atoms with Crippen molar-refractivity contribution in [1.29, 1.82) is 0 Å². The van der Waals surface area contributed by atoms with Gasteiger partial charge in [0.25, 0.3) is 0 Å². The van der Waals surface area contributed by atoms with Crippen molar-refractivity contribution in [3.63, 3.8) is 0 Å². The summed E-state index contributed by atoms with van der Waals surface area (Å²) in [7, 11) is 0. The molecule has 1 aliphatic carbocycles. The predicted molar refractivity (Wildman–Crippen MR) is 38.9 cm³/mol. The van der Waals surface area contributed by atoms with E-state index in [2.05, 4.69) is 4.89 Å². The van der Waals surface area contributed by atoms with Gasteiger partial charge in [-0.25, -0.2) is 9.78 Å². The molecule has 0 aromatic carbocycles. The monoisotopic (exact) mass is 172 g/mol. The van der Waals surface area contributed by atoms with Crippen LogP contribution < -0.4 is 0 Å². The molecule has 0 radical (unpaired) electrons. The average molecular weight is 172 g/mol. The molecule has 0 aromatic rings. The molecule has 12 heavy (non-hydrogen) atoms. The summed E-state index contributed by atoms with van der Waals surface area (Å²) in [5, 5.41) is 0. The number of rotatable bonds is 2. The van der Waals surface area contributed by atoms with Gasteiger partial charge in [0.05, 0.1) is 0 Å². The summed E-state index contributed by atoms with van der Waals surface area (Å²) in [6.45, 7) is 0.214.